The number of nitrogens with zero attached hydrogens (tertiary/aromatic N) is 1. The number of amides is 1. The molecule has 0 aliphatic heterocycles. The number of benzene rings is 3. The molecule has 33 heavy (non-hydrogen) atoms. The number of hydrogen-bond acceptors (Lipinski definition) is 6. The molecule has 1 unspecified atom stereocenters. The fourth-order valence-electron chi connectivity index (χ4n) is 3.17. The fraction of sp³-hybridized carbons (Fsp3) is 0.231. The van der Waals surface area contributed by atoms with Crippen LogP contribution in [0.2, 0.25) is 0 Å². The molecule has 3 aromatic rings. The quantitative estimate of drug-likeness (QED) is 0.346. The van der Waals surface area contributed by atoms with Crippen LogP contribution in [0.25, 0.3) is 0 Å². The van der Waals surface area contributed by atoms with Gasteiger partial charge in [-0.05, 0) is 54.8 Å². The Morgan fingerprint density at radius 1 is 0.788 bits per heavy atom. The summed E-state index contributed by atoms with van der Waals surface area (Å²) in [6, 6.07) is 23.4. The van der Waals surface area contributed by atoms with Crippen LogP contribution in [-0.2, 0) is 14.3 Å². The number of ether oxygens (including phenoxy) is 2. The van der Waals surface area contributed by atoms with Crippen LogP contribution in [0, 0.1) is 4.91 Å². The van der Waals surface area contributed by atoms with Crippen LogP contribution >= 0.6 is 0 Å². The molecule has 7 heteroatoms. The first kappa shape index (κ1) is 23.7. The van der Waals surface area contributed by atoms with E-state index in [1.807, 2.05) is 60.7 Å². The maximum absolute atomic E-state index is 12.9. The number of carbonyl (C=O) groups excluding carboxylic acids is 2. The predicted octanol–water partition coefficient (Wildman–Crippen LogP) is 6.17. The van der Waals surface area contributed by atoms with Gasteiger partial charge in [0, 0.05) is 5.69 Å². The number of hydrogen-bond donors (Lipinski definition) is 1. The first-order valence-electron chi connectivity index (χ1n) is 10.5. The third kappa shape index (κ3) is 6.74. The van der Waals surface area contributed by atoms with E-state index in [2.05, 4.69) is 10.5 Å². The number of nitrogens with one attached hydrogen (secondary N) is 1. The molecular weight excluding hydrogens is 420 g/mol. The summed E-state index contributed by atoms with van der Waals surface area (Å²) < 4.78 is 11.0. The van der Waals surface area contributed by atoms with Gasteiger partial charge in [0.2, 0.25) is 6.04 Å². The Kier molecular flexibility index (Phi) is 7.56. The van der Waals surface area contributed by atoms with Crippen molar-refractivity contribution in [2.75, 3.05) is 5.32 Å². The summed E-state index contributed by atoms with van der Waals surface area (Å²) >= 11 is 0. The zero-order valence-corrected chi connectivity index (χ0v) is 18.7. The highest BCUT2D eigenvalue weighted by Gasteiger charge is 2.28. The van der Waals surface area contributed by atoms with Crippen LogP contribution in [0.1, 0.15) is 49.6 Å². The van der Waals surface area contributed by atoms with Gasteiger partial charge >= 0.3 is 12.1 Å². The summed E-state index contributed by atoms with van der Waals surface area (Å²) in [5.74, 6) is -0.768. The second-order valence-corrected chi connectivity index (χ2v) is 8.40. The van der Waals surface area contributed by atoms with E-state index in [1.54, 1.807) is 45.0 Å². The normalized spacial score (nSPS) is 12.0. The third-order valence-electron chi connectivity index (χ3n) is 4.64. The van der Waals surface area contributed by atoms with E-state index in [0.29, 0.717) is 11.3 Å². The van der Waals surface area contributed by atoms with Gasteiger partial charge in [0.25, 0.3) is 0 Å². The Bertz CT molecular complexity index is 1040. The Balaban J connectivity index is 1.76. The summed E-state index contributed by atoms with van der Waals surface area (Å²) in [6.07, 6.45) is -1.29. The lowest BCUT2D eigenvalue weighted by Gasteiger charge is -2.21. The monoisotopic (exact) mass is 446 g/mol. The number of carbonyl (C=O) groups is 2. The molecule has 170 valence electrons. The molecule has 1 N–H and O–H groups in total. The fourth-order valence-corrected chi connectivity index (χ4v) is 3.17. The van der Waals surface area contributed by atoms with Gasteiger partial charge in [0.1, 0.15) is 5.60 Å². The SMILES string of the molecule is CC(C)(C)OC(=O)Nc1ccc(C(N=O)C(=O)OC(c2ccccc2)c2ccccc2)cc1. The zero-order valence-electron chi connectivity index (χ0n) is 18.7. The number of rotatable bonds is 7. The molecule has 7 nitrogen and oxygen atoms in total. The maximum atomic E-state index is 12.9. The predicted molar refractivity (Wildman–Crippen MR) is 126 cm³/mol. The minimum atomic E-state index is -1.35. The van der Waals surface area contributed by atoms with Gasteiger partial charge < -0.3 is 9.47 Å². The van der Waals surface area contributed by atoms with Crippen LogP contribution in [0.4, 0.5) is 10.5 Å². The molecule has 0 saturated heterocycles. The standard InChI is InChI=1S/C26H26N2O5/c1-26(2,3)33-25(30)27-21-16-14-18(15-17-21)22(28-31)24(29)32-23(19-10-6-4-7-11-19)20-12-8-5-9-13-20/h4-17,22-23H,1-3H3,(H,27,30). The molecule has 1 amide bonds. The van der Waals surface area contributed by atoms with Crippen LogP contribution in [0.3, 0.4) is 0 Å². The van der Waals surface area contributed by atoms with E-state index in [4.69, 9.17) is 9.47 Å². The van der Waals surface area contributed by atoms with Gasteiger partial charge in [-0.25, -0.2) is 9.59 Å². The second kappa shape index (κ2) is 10.5. The van der Waals surface area contributed by atoms with Gasteiger partial charge in [0.15, 0.2) is 6.10 Å². The highest BCUT2D eigenvalue weighted by atomic mass is 16.6. The van der Waals surface area contributed by atoms with E-state index in [9.17, 15) is 14.5 Å². The van der Waals surface area contributed by atoms with Crippen molar-refractivity contribution in [3.8, 4) is 0 Å². The van der Waals surface area contributed by atoms with E-state index in [-0.39, 0.29) is 0 Å². The van der Waals surface area contributed by atoms with Crippen molar-refractivity contribution in [2.24, 2.45) is 5.18 Å². The Morgan fingerprint density at radius 2 is 1.30 bits per heavy atom. The minimum absolute atomic E-state index is 0.351. The van der Waals surface area contributed by atoms with E-state index < -0.39 is 29.8 Å². The van der Waals surface area contributed by atoms with Crippen molar-refractivity contribution in [3.63, 3.8) is 0 Å². The van der Waals surface area contributed by atoms with Crippen molar-refractivity contribution in [1.82, 2.24) is 0 Å². The van der Waals surface area contributed by atoms with Crippen molar-refractivity contribution < 1.29 is 19.1 Å². The zero-order chi connectivity index (χ0) is 23.8. The molecule has 0 bridgehead atoms. The van der Waals surface area contributed by atoms with Crippen molar-refractivity contribution in [3.05, 3.63) is 107 Å². The van der Waals surface area contributed by atoms with Crippen molar-refractivity contribution in [1.29, 1.82) is 0 Å². The lowest BCUT2D eigenvalue weighted by molar-refractivity contribution is -0.149. The summed E-state index contributed by atoms with van der Waals surface area (Å²) in [6.45, 7) is 5.29. The first-order chi connectivity index (χ1) is 15.8. The maximum Gasteiger partial charge on any atom is 0.412 e. The molecule has 0 aliphatic rings. The average Bonchev–Trinajstić information content (AvgIpc) is 2.79. The molecule has 0 aromatic heterocycles. The molecule has 0 saturated carbocycles. The van der Waals surface area contributed by atoms with Crippen LogP contribution in [-0.4, -0.2) is 17.7 Å². The molecule has 0 aliphatic carbocycles. The molecule has 3 aromatic carbocycles. The highest BCUT2D eigenvalue weighted by molar-refractivity contribution is 5.85. The lowest BCUT2D eigenvalue weighted by Crippen LogP contribution is -2.27. The minimum Gasteiger partial charge on any atom is -0.451 e. The summed E-state index contributed by atoms with van der Waals surface area (Å²) in [5.41, 5.74) is 1.73. The van der Waals surface area contributed by atoms with E-state index in [0.717, 1.165) is 11.1 Å². The molecule has 3 rings (SSSR count). The van der Waals surface area contributed by atoms with Crippen LogP contribution in [0.5, 0.6) is 0 Å². The Morgan fingerprint density at radius 3 is 1.76 bits per heavy atom. The number of anilines is 1. The first-order valence-corrected chi connectivity index (χ1v) is 10.5. The number of esters is 1. The highest BCUT2D eigenvalue weighted by Crippen LogP contribution is 2.30. The summed E-state index contributed by atoms with van der Waals surface area (Å²) in [4.78, 5) is 36.5. The van der Waals surface area contributed by atoms with Crippen molar-refractivity contribution >= 4 is 17.7 Å². The van der Waals surface area contributed by atoms with Gasteiger partial charge in [-0.2, -0.15) is 0 Å². The Labute approximate surface area is 192 Å². The van der Waals surface area contributed by atoms with Gasteiger partial charge in [-0.3, -0.25) is 5.32 Å². The molecule has 0 fully saturated rings. The smallest absolute Gasteiger partial charge is 0.412 e. The summed E-state index contributed by atoms with van der Waals surface area (Å²) in [7, 11) is 0. The van der Waals surface area contributed by atoms with Crippen molar-refractivity contribution in [2.45, 2.75) is 38.5 Å². The second-order valence-electron chi connectivity index (χ2n) is 8.40. The summed E-state index contributed by atoms with van der Waals surface area (Å²) in [5, 5.41) is 5.60. The molecule has 0 spiro atoms. The van der Waals surface area contributed by atoms with Crippen LogP contribution in [0.15, 0.2) is 90.1 Å². The van der Waals surface area contributed by atoms with Gasteiger partial charge in [-0.1, -0.05) is 72.8 Å². The molecule has 1 atom stereocenters. The molecular formula is C26H26N2O5. The number of nitroso groups, excluding NO2 is 1. The average molecular weight is 447 g/mol. The molecule has 0 heterocycles. The van der Waals surface area contributed by atoms with Crippen LogP contribution < -0.4 is 5.32 Å². The van der Waals surface area contributed by atoms with Gasteiger partial charge in [-0.15, -0.1) is 4.91 Å². The van der Waals surface area contributed by atoms with Gasteiger partial charge in [0.05, 0.1) is 0 Å². The largest absolute Gasteiger partial charge is 0.451 e. The third-order valence-corrected chi connectivity index (χ3v) is 4.64. The van der Waals surface area contributed by atoms with E-state index in [1.165, 1.54) is 0 Å². The Hall–Kier alpha value is -4.00. The lowest BCUT2D eigenvalue weighted by atomic mass is 10.0. The molecule has 0 radical (unpaired) electrons. The van der Waals surface area contributed by atoms with E-state index >= 15 is 0 Å². The topological polar surface area (TPSA) is 94.1 Å².